The first-order chi connectivity index (χ1) is 10.6. The van der Waals surface area contributed by atoms with Crippen molar-refractivity contribution in [3.63, 3.8) is 0 Å². The first-order valence-electron chi connectivity index (χ1n) is 6.96. The van der Waals surface area contributed by atoms with E-state index in [1.807, 2.05) is 20.8 Å². The Labute approximate surface area is 141 Å². The minimum Gasteiger partial charge on any atom is -0.496 e. The summed E-state index contributed by atoms with van der Waals surface area (Å²) in [6.07, 6.45) is 1.38. The molecule has 7 heteroatoms. The molecule has 124 valence electrons. The zero-order valence-corrected chi connectivity index (χ0v) is 15.0. The number of hydrogen-bond acceptors (Lipinski definition) is 4. The SMILES string of the molecule is COc1ccc(S(=O)(=O)Nc2ccc(Cl)cn2)cc1C(C)(C)C. The van der Waals surface area contributed by atoms with Gasteiger partial charge in [-0.25, -0.2) is 13.4 Å². The number of hydrogen-bond donors (Lipinski definition) is 1. The van der Waals surface area contributed by atoms with E-state index in [-0.39, 0.29) is 16.1 Å². The molecule has 0 atom stereocenters. The molecule has 0 spiro atoms. The smallest absolute Gasteiger partial charge is 0.263 e. The second-order valence-corrected chi connectivity index (χ2v) is 8.20. The van der Waals surface area contributed by atoms with Crippen molar-refractivity contribution in [3.05, 3.63) is 47.1 Å². The molecule has 0 saturated carbocycles. The van der Waals surface area contributed by atoms with Crippen LogP contribution in [0.4, 0.5) is 5.82 Å². The highest BCUT2D eigenvalue weighted by Crippen LogP contribution is 2.33. The van der Waals surface area contributed by atoms with Gasteiger partial charge < -0.3 is 4.74 Å². The van der Waals surface area contributed by atoms with Crippen LogP contribution in [0.15, 0.2) is 41.4 Å². The van der Waals surface area contributed by atoms with Crippen LogP contribution in [0.1, 0.15) is 26.3 Å². The number of halogens is 1. The lowest BCUT2D eigenvalue weighted by Gasteiger charge is -2.23. The number of aromatic nitrogens is 1. The molecule has 0 aliphatic carbocycles. The summed E-state index contributed by atoms with van der Waals surface area (Å²) in [6.45, 7) is 5.99. The van der Waals surface area contributed by atoms with Crippen LogP contribution in [-0.2, 0) is 15.4 Å². The monoisotopic (exact) mass is 354 g/mol. The maximum absolute atomic E-state index is 12.5. The van der Waals surface area contributed by atoms with E-state index in [2.05, 4.69) is 9.71 Å². The summed E-state index contributed by atoms with van der Waals surface area (Å²) in [6, 6.07) is 7.86. The van der Waals surface area contributed by atoms with E-state index >= 15 is 0 Å². The lowest BCUT2D eigenvalue weighted by atomic mass is 9.86. The average Bonchev–Trinajstić information content (AvgIpc) is 2.48. The number of pyridine rings is 1. The van der Waals surface area contributed by atoms with Crippen molar-refractivity contribution in [2.75, 3.05) is 11.8 Å². The third kappa shape index (κ3) is 4.14. The maximum atomic E-state index is 12.5. The Morgan fingerprint density at radius 1 is 1.17 bits per heavy atom. The van der Waals surface area contributed by atoms with Crippen molar-refractivity contribution in [3.8, 4) is 5.75 Å². The van der Waals surface area contributed by atoms with Gasteiger partial charge in [0.15, 0.2) is 0 Å². The molecule has 23 heavy (non-hydrogen) atoms. The fraction of sp³-hybridized carbons (Fsp3) is 0.312. The maximum Gasteiger partial charge on any atom is 0.263 e. The lowest BCUT2D eigenvalue weighted by Crippen LogP contribution is -2.17. The molecule has 1 heterocycles. The topological polar surface area (TPSA) is 68.3 Å². The third-order valence-electron chi connectivity index (χ3n) is 3.26. The minimum absolute atomic E-state index is 0.153. The lowest BCUT2D eigenvalue weighted by molar-refractivity contribution is 0.397. The van der Waals surface area contributed by atoms with Gasteiger partial charge in [-0.2, -0.15) is 0 Å². The zero-order chi connectivity index (χ0) is 17.3. The Hall–Kier alpha value is -1.79. The molecule has 0 amide bonds. The molecule has 0 unspecified atom stereocenters. The minimum atomic E-state index is -3.75. The molecule has 1 N–H and O–H groups in total. The van der Waals surface area contributed by atoms with Crippen LogP contribution >= 0.6 is 11.6 Å². The number of benzene rings is 1. The van der Waals surface area contributed by atoms with Crippen LogP contribution in [0.3, 0.4) is 0 Å². The van der Waals surface area contributed by atoms with E-state index in [4.69, 9.17) is 16.3 Å². The number of methoxy groups -OCH3 is 1. The fourth-order valence-electron chi connectivity index (χ4n) is 2.07. The van der Waals surface area contributed by atoms with Crippen LogP contribution in [0.5, 0.6) is 5.75 Å². The Morgan fingerprint density at radius 2 is 1.87 bits per heavy atom. The zero-order valence-electron chi connectivity index (χ0n) is 13.4. The van der Waals surface area contributed by atoms with E-state index in [1.165, 1.54) is 18.3 Å². The molecule has 0 saturated heterocycles. The second kappa shape index (κ2) is 6.37. The summed E-state index contributed by atoms with van der Waals surface area (Å²) >= 11 is 5.75. The van der Waals surface area contributed by atoms with E-state index in [0.717, 1.165) is 5.56 Å². The first-order valence-corrected chi connectivity index (χ1v) is 8.82. The molecular formula is C16H19ClN2O3S. The number of nitrogens with zero attached hydrogens (tertiary/aromatic N) is 1. The van der Waals surface area contributed by atoms with Gasteiger partial charge in [0.25, 0.3) is 10.0 Å². The van der Waals surface area contributed by atoms with Gasteiger partial charge in [0.05, 0.1) is 17.0 Å². The van der Waals surface area contributed by atoms with Crippen LogP contribution in [0, 0.1) is 0 Å². The van der Waals surface area contributed by atoms with Crippen LogP contribution in [0.2, 0.25) is 5.02 Å². The number of sulfonamides is 1. The van der Waals surface area contributed by atoms with Gasteiger partial charge >= 0.3 is 0 Å². The first kappa shape index (κ1) is 17.6. The van der Waals surface area contributed by atoms with Crippen LogP contribution in [-0.4, -0.2) is 20.5 Å². The van der Waals surface area contributed by atoms with E-state index < -0.39 is 10.0 Å². The van der Waals surface area contributed by atoms with Crippen molar-refractivity contribution in [2.24, 2.45) is 0 Å². The summed E-state index contributed by atoms with van der Waals surface area (Å²) in [5.41, 5.74) is 0.557. The number of anilines is 1. The number of rotatable bonds is 4. The Morgan fingerprint density at radius 3 is 2.39 bits per heavy atom. The number of nitrogens with one attached hydrogen (secondary N) is 1. The molecule has 2 rings (SSSR count). The van der Waals surface area contributed by atoms with E-state index in [9.17, 15) is 8.42 Å². The molecule has 2 aromatic rings. The predicted molar refractivity (Wildman–Crippen MR) is 91.7 cm³/mol. The Bertz CT molecular complexity index is 797. The van der Waals surface area contributed by atoms with E-state index in [0.29, 0.717) is 10.8 Å². The number of ether oxygens (including phenoxy) is 1. The van der Waals surface area contributed by atoms with Gasteiger partial charge in [-0.05, 0) is 35.7 Å². The average molecular weight is 355 g/mol. The van der Waals surface area contributed by atoms with Crippen LogP contribution in [0.25, 0.3) is 0 Å². The van der Waals surface area contributed by atoms with Gasteiger partial charge in [-0.3, -0.25) is 4.72 Å². The van der Waals surface area contributed by atoms with Crippen molar-refractivity contribution in [1.82, 2.24) is 4.98 Å². The summed E-state index contributed by atoms with van der Waals surface area (Å²) in [7, 11) is -2.18. The van der Waals surface area contributed by atoms with Gasteiger partial charge in [-0.15, -0.1) is 0 Å². The van der Waals surface area contributed by atoms with Gasteiger partial charge in [-0.1, -0.05) is 32.4 Å². The van der Waals surface area contributed by atoms with Crippen molar-refractivity contribution >= 4 is 27.4 Å². The molecule has 0 radical (unpaired) electrons. The molecule has 0 bridgehead atoms. The van der Waals surface area contributed by atoms with Gasteiger partial charge in [0, 0.05) is 11.8 Å². The third-order valence-corrected chi connectivity index (χ3v) is 4.83. The van der Waals surface area contributed by atoms with E-state index in [1.54, 1.807) is 25.3 Å². The standard InChI is InChI=1S/C16H19ClN2O3S/c1-16(2,3)13-9-12(6-7-14(13)22-4)23(20,21)19-15-8-5-11(17)10-18-15/h5-10H,1-4H3,(H,18,19). The molecular weight excluding hydrogens is 336 g/mol. The van der Waals surface area contributed by atoms with Crippen molar-refractivity contribution in [1.29, 1.82) is 0 Å². The highest BCUT2D eigenvalue weighted by Gasteiger charge is 2.23. The summed E-state index contributed by atoms with van der Waals surface area (Å²) < 4.78 is 32.8. The highest BCUT2D eigenvalue weighted by atomic mass is 35.5. The fourth-order valence-corrected chi connectivity index (χ4v) is 3.22. The second-order valence-electron chi connectivity index (χ2n) is 6.08. The van der Waals surface area contributed by atoms with Gasteiger partial charge in [0.2, 0.25) is 0 Å². The Balaban J connectivity index is 2.42. The summed E-state index contributed by atoms with van der Waals surface area (Å²) in [5.74, 6) is 0.864. The van der Waals surface area contributed by atoms with Crippen LogP contribution < -0.4 is 9.46 Å². The molecule has 0 aliphatic heterocycles. The largest absolute Gasteiger partial charge is 0.496 e. The molecule has 1 aromatic heterocycles. The molecule has 0 fully saturated rings. The summed E-state index contributed by atoms with van der Waals surface area (Å²) in [5, 5.41) is 0.437. The molecule has 0 aliphatic rings. The van der Waals surface area contributed by atoms with Crippen molar-refractivity contribution < 1.29 is 13.2 Å². The van der Waals surface area contributed by atoms with Crippen molar-refractivity contribution in [2.45, 2.75) is 31.1 Å². The Kier molecular flexibility index (Phi) is 4.87. The van der Waals surface area contributed by atoms with Gasteiger partial charge in [0.1, 0.15) is 11.6 Å². The normalized spacial score (nSPS) is 12.0. The predicted octanol–water partition coefficient (Wildman–Crippen LogP) is 3.84. The molecule has 1 aromatic carbocycles. The summed E-state index contributed by atoms with van der Waals surface area (Å²) in [4.78, 5) is 4.10. The molecule has 5 nitrogen and oxygen atoms in total. The highest BCUT2D eigenvalue weighted by molar-refractivity contribution is 7.92. The quantitative estimate of drug-likeness (QED) is 0.905.